The normalized spacial score (nSPS) is 15.8. The van der Waals surface area contributed by atoms with Crippen LogP contribution in [-0.4, -0.2) is 14.9 Å². The number of rotatable bonds is 5. The molecule has 3 heteroatoms. The Kier molecular flexibility index (Phi) is 5.22. The first-order valence-electron chi connectivity index (χ1n) is 10.4. The standard InChI is InChI=1S/C27H24O2Si/c1-4-12-22(13-5-1)30(23-14-6-2-7-15-23,24-16-8-3-9-17-24)29-27-20-21-28-26-19-11-10-18-25(26)27/h1-19,27H,20-21H2/t27-/m1/s1. The van der Waals surface area contributed by atoms with Crippen LogP contribution in [0.1, 0.15) is 18.1 Å². The summed E-state index contributed by atoms with van der Waals surface area (Å²) in [5.41, 5.74) is 1.14. The van der Waals surface area contributed by atoms with E-state index in [4.69, 9.17) is 9.16 Å². The molecule has 0 aliphatic carbocycles. The summed E-state index contributed by atoms with van der Waals surface area (Å²) in [7, 11) is -2.74. The maximum Gasteiger partial charge on any atom is 0.288 e. The van der Waals surface area contributed by atoms with E-state index in [0.717, 1.165) is 17.7 Å². The Morgan fingerprint density at radius 3 is 1.60 bits per heavy atom. The minimum atomic E-state index is -2.74. The van der Waals surface area contributed by atoms with E-state index in [-0.39, 0.29) is 6.10 Å². The second-order valence-corrected chi connectivity index (χ2v) is 10.9. The average Bonchev–Trinajstić information content (AvgIpc) is 2.84. The smallest absolute Gasteiger partial charge is 0.288 e. The number of hydrogen-bond donors (Lipinski definition) is 0. The molecule has 0 radical (unpaired) electrons. The molecule has 1 heterocycles. The lowest BCUT2D eigenvalue weighted by Gasteiger charge is -2.38. The van der Waals surface area contributed by atoms with Crippen molar-refractivity contribution in [2.45, 2.75) is 12.5 Å². The maximum atomic E-state index is 7.32. The number of fused-ring (bicyclic) bond motifs is 1. The molecule has 5 rings (SSSR count). The van der Waals surface area contributed by atoms with Crippen LogP contribution in [0.3, 0.4) is 0 Å². The van der Waals surface area contributed by atoms with E-state index in [1.54, 1.807) is 0 Å². The number of hydrogen-bond acceptors (Lipinski definition) is 2. The summed E-state index contributed by atoms with van der Waals surface area (Å²) < 4.78 is 13.2. The van der Waals surface area contributed by atoms with Crippen molar-refractivity contribution in [1.29, 1.82) is 0 Å². The van der Waals surface area contributed by atoms with Gasteiger partial charge in [0.25, 0.3) is 8.32 Å². The minimum absolute atomic E-state index is 0.0118. The van der Waals surface area contributed by atoms with E-state index < -0.39 is 8.32 Å². The molecule has 0 amide bonds. The van der Waals surface area contributed by atoms with E-state index in [1.807, 2.05) is 12.1 Å². The lowest BCUT2D eigenvalue weighted by molar-refractivity contribution is 0.135. The van der Waals surface area contributed by atoms with Crippen molar-refractivity contribution in [2.24, 2.45) is 0 Å². The molecule has 4 aromatic carbocycles. The Bertz CT molecular complexity index is 1000. The highest BCUT2D eigenvalue weighted by Gasteiger charge is 2.44. The van der Waals surface area contributed by atoms with Crippen molar-refractivity contribution in [3.63, 3.8) is 0 Å². The molecule has 4 aromatic rings. The predicted octanol–water partition coefficient (Wildman–Crippen LogP) is 4.19. The second kappa shape index (κ2) is 8.31. The summed E-state index contributed by atoms with van der Waals surface area (Å²) in [6.45, 7) is 0.671. The van der Waals surface area contributed by atoms with Crippen LogP contribution >= 0.6 is 0 Å². The highest BCUT2D eigenvalue weighted by atomic mass is 28.4. The van der Waals surface area contributed by atoms with Crippen LogP contribution in [0, 0.1) is 0 Å². The molecule has 0 unspecified atom stereocenters. The lowest BCUT2D eigenvalue weighted by atomic mass is 10.0. The van der Waals surface area contributed by atoms with Gasteiger partial charge < -0.3 is 9.16 Å². The van der Waals surface area contributed by atoms with Crippen molar-refractivity contribution in [3.8, 4) is 5.75 Å². The molecule has 30 heavy (non-hydrogen) atoms. The summed E-state index contributed by atoms with van der Waals surface area (Å²) in [6.07, 6.45) is 0.834. The third-order valence-electron chi connectivity index (χ3n) is 5.76. The highest BCUT2D eigenvalue weighted by molar-refractivity contribution is 7.07. The van der Waals surface area contributed by atoms with Gasteiger partial charge >= 0.3 is 0 Å². The van der Waals surface area contributed by atoms with Gasteiger partial charge in [-0.05, 0) is 21.6 Å². The quantitative estimate of drug-likeness (QED) is 0.364. The van der Waals surface area contributed by atoms with Gasteiger partial charge in [0.05, 0.1) is 12.7 Å². The molecule has 0 saturated heterocycles. The van der Waals surface area contributed by atoms with Gasteiger partial charge in [-0.25, -0.2) is 0 Å². The van der Waals surface area contributed by atoms with Gasteiger partial charge in [-0.2, -0.15) is 0 Å². The minimum Gasteiger partial charge on any atom is -0.493 e. The van der Waals surface area contributed by atoms with Crippen LogP contribution in [0.4, 0.5) is 0 Å². The Balaban J connectivity index is 1.73. The fourth-order valence-corrected chi connectivity index (χ4v) is 8.43. The Morgan fingerprint density at radius 1 is 0.600 bits per heavy atom. The second-order valence-electron chi connectivity index (χ2n) is 7.56. The molecule has 148 valence electrons. The largest absolute Gasteiger partial charge is 0.493 e. The van der Waals surface area contributed by atoms with Crippen LogP contribution in [0.15, 0.2) is 115 Å². The highest BCUT2D eigenvalue weighted by Crippen LogP contribution is 2.36. The maximum absolute atomic E-state index is 7.32. The van der Waals surface area contributed by atoms with E-state index in [2.05, 4.69) is 103 Å². The van der Waals surface area contributed by atoms with E-state index in [0.29, 0.717) is 6.61 Å². The third kappa shape index (κ3) is 3.36. The van der Waals surface area contributed by atoms with Crippen molar-refractivity contribution in [2.75, 3.05) is 6.61 Å². The van der Waals surface area contributed by atoms with Gasteiger partial charge in [0.1, 0.15) is 5.75 Å². The SMILES string of the molecule is c1ccc([Si](O[C@@H]2CCOc3ccccc32)(c2ccccc2)c2ccccc2)cc1. The van der Waals surface area contributed by atoms with Gasteiger partial charge in [0, 0.05) is 12.0 Å². The van der Waals surface area contributed by atoms with E-state index in [1.165, 1.54) is 15.6 Å². The molecule has 0 bridgehead atoms. The summed E-state index contributed by atoms with van der Waals surface area (Å²) >= 11 is 0. The summed E-state index contributed by atoms with van der Waals surface area (Å²) in [5, 5.41) is 3.77. The van der Waals surface area contributed by atoms with Crippen LogP contribution < -0.4 is 20.3 Å². The zero-order valence-electron chi connectivity index (χ0n) is 16.8. The van der Waals surface area contributed by atoms with Crippen molar-refractivity contribution in [1.82, 2.24) is 0 Å². The predicted molar refractivity (Wildman–Crippen MR) is 124 cm³/mol. The molecule has 1 aliphatic rings. The van der Waals surface area contributed by atoms with Crippen LogP contribution in [0.5, 0.6) is 5.75 Å². The molecule has 0 saturated carbocycles. The third-order valence-corrected chi connectivity index (χ3v) is 9.84. The Hall–Kier alpha value is -3.14. The van der Waals surface area contributed by atoms with Gasteiger partial charge in [0.15, 0.2) is 0 Å². The van der Waals surface area contributed by atoms with Crippen molar-refractivity contribution < 1.29 is 9.16 Å². The van der Waals surface area contributed by atoms with Crippen molar-refractivity contribution >= 4 is 23.9 Å². The molecule has 0 fully saturated rings. The molecular formula is C27H24O2Si. The molecule has 0 spiro atoms. The first-order chi connectivity index (χ1) is 14.9. The number of benzene rings is 4. The van der Waals surface area contributed by atoms with Gasteiger partial charge in [-0.15, -0.1) is 0 Å². The summed E-state index contributed by atoms with van der Waals surface area (Å²) in [5.74, 6) is 0.936. The Labute approximate surface area is 178 Å². The zero-order chi connectivity index (χ0) is 20.2. The molecule has 0 aromatic heterocycles. The molecular weight excluding hydrogens is 384 g/mol. The zero-order valence-corrected chi connectivity index (χ0v) is 17.8. The summed E-state index contributed by atoms with van der Waals surface area (Å²) in [4.78, 5) is 0. The van der Waals surface area contributed by atoms with Crippen LogP contribution in [0.25, 0.3) is 0 Å². The fraction of sp³-hybridized carbons (Fsp3) is 0.111. The lowest BCUT2D eigenvalue weighted by Crippen LogP contribution is -2.69. The first kappa shape index (κ1) is 18.9. The van der Waals surface area contributed by atoms with Gasteiger partial charge in [-0.3, -0.25) is 0 Å². The Morgan fingerprint density at radius 2 is 1.07 bits per heavy atom. The molecule has 1 aliphatic heterocycles. The molecule has 1 atom stereocenters. The van der Waals surface area contributed by atoms with Crippen molar-refractivity contribution in [3.05, 3.63) is 121 Å². The van der Waals surface area contributed by atoms with Gasteiger partial charge in [0.2, 0.25) is 0 Å². The average molecular weight is 409 g/mol. The van der Waals surface area contributed by atoms with Crippen LogP contribution in [-0.2, 0) is 4.43 Å². The number of para-hydroxylation sites is 1. The van der Waals surface area contributed by atoms with Gasteiger partial charge in [-0.1, -0.05) is 109 Å². The molecule has 0 N–H and O–H groups in total. The fourth-order valence-electron chi connectivity index (χ4n) is 4.37. The monoisotopic (exact) mass is 408 g/mol. The van der Waals surface area contributed by atoms with E-state index >= 15 is 0 Å². The van der Waals surface area contributed by atoms with E-state index in [9.17, 15) is 0 Å². The summed E-state index contributed by atoms with van der Waals surface area (Å²) in [6, 6.07) is 40.5. The number of ether oxygens (including phenoxy) is 1. The topological polar surface area (TPSA) is 18.5 Å². The first-order valence-corrected chi connectivity index (χ1v) is 12.3. The molecule has 2 nitrogen and oxygen atoms in total. The van der Waals surface area contributed by atoms with Crippen LogP contribution in [0.2, 0.25) is 0 Å².